The lowest BCUT2D eigenvalue weighted by molar-refractivity contribution is -0.215. The lowest BCUT2D eigenvalue weighted by Gasteiger charge is -2.60. The van der Waals surface area contributed by atoms with Crippen LogP contribution in [0.4, 0.5) is 4.39 Å². The van der Waals surface area contributed by atoms with E-state index < -0.39 is 23.7 Å². The van der Waals surface area contributed by atoms with E-state index in [4.69, 9.17) is 9.47 Å². The number of hydrogen-bond acceptors (Lipinski definition) is 4. The Morgan fingerprint density at radius 2 is 1.86 bits per heavy atom. The molecule has 1 N–H and O–H groups in total. The third-order valence-electron chi connectivity index (χ3n) is 9.58. The number of carbonyl (C=O) groups excluding carboxylic acids is 1. The summed E-state index contributed by atoms with van der Waals surface area (Å²) in [6.07, 6.45) is 4.70. The number of aliphatic hydroxyl groups excluding tert-OH is 1. The first-order chi connectivity index (χ1) is 13.4. The Labute approximate surface area is 173 Å². The van der Waals surface area contributed by atoms with Crippen molar-refractivity contribution >= 4 is 5.78 Å². The molecule has 0 aromatic heterocycles. The zero-order valence-corrected chi connectivity index (χ0v) is 18.3. The summed E-state index contributed by atoms with van der Waals surface area (Å²) < 4.78 is 28.2. The standard InChI is InChI=1S/C24H35FO4/c1-13(26)24-20(28-21(2,3)29-24)12-17-15-11-19(25)18-10-14(27)6-8-22(18,4)16(15)7-9-23(17,24)5/h10,14-17,19-20,27H,6-9,11-12H2,1-5H3. The van der Waals surface area contributed by atoms with Gasteiger partial charge < -0.3 is 14.6 Å². The van der Waals surface area contributed by atoms with Crippen molar-refractivity contribution in [1.29, 1.82) is 0 Å². The number of ketones is 1. The van der Waals surface area contributed by atoms with Gasteiger partial charge in [0.2, 0.25) is 0 Å². The van der Waals surface area contributed by atoms with Crippen molar-refractivity contribution in [3.05, 3.63) is 11.6 Å². The highest BCUT2D eigenvalue weighted by Gasteiger charge is 2.75. The first-order valence-electron chi connectivity index (χ1n) is 11.4. The summed E-state index contributed by atoms with van der Waals surface area (Å²) >= 11 is 0. The Morgan fingerprint density at radius 1 is 1.14 bits per heavy atom. The molecule has 0 spiro atoms. The summed E-state index contributed by atoms with van der Waals surface area (Å²) in [5.74, 6) is 0.115. The van der Waals surface area contributed by atoms with Gasteiger partial charge in [0.05, 0.1) is 12.2 Å². The zero-order valence-electron chi connectivity index (χ0n) is 18.3. The molecule has 1 aliphatic heterocycles. The first-order valence-corrected chi connectivity index (χ1v) is 11.4. The number of hydrogen-bond donors (Lipinski definition) is 1. The van der Waals surface area contributed by atoms with Crippen LogP contribution in [0, 0.1) is 28.6 Å². The van der Waals surface area contributed by atoms with E-state index in [2.05, 4.69) is 13.8 Å². The number of rotatable bonds is 1. The Balaban J connectivity index is 1.56. The maximum absolute atomic E-state index is 15.4. The van der Waals surface area contributed by atoms with E-state index in [0.29, 0.717) is 18.8 Å². The van der Waals surface area contributed by atoms with E-state index in [1.807, 2.05) is 13.8 Å². The molecular weight excluding hydrogens is 371 g/mol. The van der Waals surface area contributed by atoms with E-state index in [-0.39, 0.29) is 34.6 Å². The number of allylic oxidation sites excluding steroid dienone is 1. The third kappa shape index (κ3) is 2.38. The van der Waals surface area contributed by atoms with Gasteiger partial charge in [0.1, 0.15) is 6.17 Å². The normalized spacial score (nSPS) is 55.3. The van der Waals surface area contributed by atoms with Crippen molar-refractivity contribution in [3.63, 3.8) is 0 Å². The predicted octanol–water partition coefficient (Wildman–Crippen LogP) is 4.35. The molecule has 0 aromatic carbocycles. The minimum Gasteiger partial charge on any atom is -0.389 e. The van der Waals surface area contributed by atoms with Crippen molar-refractivity contribution < 1.29 is 23.8 Å². The van der Waals surface area contributed by atoms with Gasteiger partial charge in [0.25, 0.3) is 0 Å². The van der Waals surface area contributed by atoms with Crippen LogP contribution in [0.5, 0.6) is 0 Å². The fraction of sp³-hybridized carbons (Fsp3) is 0.875. The topological polar surface area (TPSA) is 55.8 Å². The van der Waals surface area contributed by atoms with Crippen LogP contribution >= 0.6 is 0 Å². The summed E-state index contributed by atoms with van der Waals surface area (Å²) in [7, 11) is 0. The van der Waals surface area contributed by atoms with E-state index in [1.54, 1.807) is 13.0 Å². The Bertz CT molecular complexity index is 777. The summed E-state index contributed by atoms with van der Waals surface area (Å²) in [6, 6.07) is 0. The first kappa shape index (κ1) is 20.1. The number of ether oxygens (including phenoxy) is 2. The highest BCUT2D eigenvalue weighted by atomic mass is 19.1. The van der Waals surface area contributed by atoms with Gasteiger partial charge in [-0.05, 0) is 88.0 Å². The Hall–Kier alpha value is -0.780. The van der Waals surface area contributed by atoms with Crippen molar-refractivity contribution in [2.24, 2.45) is 28.6 Å². The van der Waals surface area contributed by atoms with Gasteiger partial charge in [-0.15, -0.1) is 0 Å². The van der Waals surface area contributed by atoms with Gasteiger partial charge in [-0.1, -0.05) is 19.9 Å². The van der Waals surface area contributed by atoms with Crippen LogP contribution in [0.3, 0.4) is 0 Å². The van der Waals surface area contributed by atoms with Crippen LogP contribution < -0.4 is 0 Å². The molecule has 5 heteroatoms. The molecule has 0 radical (unpaired) electrons. The smallest absolute Gasteiger partial charge is 0.164 e. The Kier molecular flexibility index (Phi) is 4.11. The van der Waals surface area contributed by atoms with Crippen molar-refractivity contribution in [3.8, 4) is 0 Å². The molecule has 5 aliphatic rings. The molecule has 3 saturated carbocycles. The fourth-order valence-electron chi connectivity index (χ4n) is 8.46. The summed E-state index contributed by atoms with van der Waals surface area (Å²) in [4.78, 5) is 13.0. The minimum atomic E-state index is -1.01. The molecule has 4 nitrogen and oxygen atoms in total. The van der Waals surface area contributed by atoms with Crippen LogP contribution in [0.1, 0.15) is 73.1 Å². The molecule has 0 amide bonds. The van der Waals surface area contributed by atoms with E-state index in [9.17, 15) is 9.90 Å². The second kappa shape index (κ2) is 5.92. The van der Waals surface area contributed by atoms with Gasteiger partial charge in [-0.3, -0.25) is 4.79 Å². The SMILES string of the molecule is CC(=O)C12OC(C)(C)OC1CC1C3CC(F)C4=CC(O)CCC4(C)C3CCC12C. The molecule has 0 bridgehead atoms. The fourth-order valence-corrected chi connectivity index (χ4v) is 8.46. The number of alkyl halides is 1. The summed E-state index contributed by atoms with van der Waals surface area (Å²) in [6.45, 7) is 9.84. The molecule has 4 fully saturated rings. The molecule has 29 heavy (non-hydrogen) atoms. The van der Waals surface area contributed by atoms with Gasteiger partial charge in [-0.2, -0.15) is 0 Å². The van der Waals surface area contributed by atoms with Crippen molar-refractivity contribution in [1.82, 2.24) is 0 Å². The van der Waals surface area contributed by atoms with Crippen LogP contribution in [-0.2, 0) is 14.3 Å². The average molecular weight is 407 g/mol. The van der Waals surface area contributed by atoms with Crippen molar-refractivity contribution in [2.45, 2.75) is 103 Å². The van der Waals surface area contributed by atoms with Gasteiger partial charge in [0, 0.05) is 5.41 Å². The predicted molar refractivity (Wildman–Crippen MR) is 107 cm³/mol. The van der Waals surface area contributed by atoms with Gasteiger partial charge in [0.15, 0.2) is 17.2 Å². The third-order valence-corrected chi connectivity index (χ3v) is 9.58. The number of carbonyl (C=O) groups is 1. The zero-order chi connectivity index (χ0) is 21.0. The van der Waals surface area contributed by atoms with Crippen LogP contribution in [0.25, 0.3) is 0 Å². The maximum atomic E-state index is 15.4. The number of fused-ring (bicyclic) bond motifs is 7. The molecular formula is C24H35FO4. The molecule has 5 rings (SSSR count). The quantitative estimate of drug-likeness (QED) is 0.658. The summed E-state index contributed by atoms with van der Waals surface area (Å²) in [5.41, 5.74) is -0.610. The number of Topliss-reactive ketones (excluding diaryl/α,β-unsaturated/α-hetero) is 1. The van der Waals surface area contributed by atoms with Gasteiger partial charge in [-0.25, -0.2) is 4.39 Å². The largest absolute Gasteiger partial charge is 0.389 e. The molecule has 9 unspecified atom stereocenters. The molecule has 9 atom stereocenters. The van der Waals surface area contributed by atoms with Crippen LogP contribution in [-0.4, -0.2) is 40.7 Å². The lowest BCUT2D eigenvalue weighted by atomic mass is 9.46. The monoisotopic (exact) mass is 406 g/mol. The highest BCUT2D eigenvalue weighted by molar-refractivity contribution is 5.88. The highest BCUT2D eigenvalue weighted by Crippen LogP contribution is 2.70. The van der Waals surface area contributed by atoms with Crippen molar-refractivity contribution in [2.75, 3.05) is 0 Å². The summed E-state index contributed by atoms with van der Waals surface area (Å²) in [5, 5.41) is 10.1. The van der Waals surface area contributed by atoms with Crippen LogP contribution in [0.2, 0.25) is 0 Å². The molecule has 4 aliphatic carbocycles. The number of halogens is 1. The maximum Gasteiger partial charge on any atom is 0.164 e. The number of aliphatic hydroxyl groups is 1. The molecule has 162 valence electrons. The van der Waals surface area contributed by atoms with E-state index in [1.165, 1.54) is 0 Å². The second-order valence-corrected chi connectivity index (χ2v) is 11.3. The second-order valence-electron chi connectivity index (χ2n) is 11.3. The Morgan fingerprint density at radius 3 is 2.55 bits per heavy atom. The van der Waals surface area contributed by atoms with Gasteiger partial charge >= 0.3 is 0 Å². The van der Waals surface area contributed by atoms with E-state index >= 15 is 4.39 Å². The minimum absolute atomic E-state index is 0.0525. The lowest BCUT2D eigenvalue weighted by Crippen LogP contribution is -2.60. The van der Waals surface area contributed by atoms with Crippen LogP contribution in [0.15, 0.2) is 11.6 Å². The molecule has 1 heterocycles. The molecule has 1 saturated heterocycles. The average Bonchev–Trinajstić information content (AvgIpc) is 3.03. The van der Waals surface area contributed by atoms with E-state index in [0.717, 1.165) is 31.3 Å². The molecule has 0 aromatic rings.